The van der Waals surface area contributed by atoms with Crippen molar-refractivity contribution in [3.05, 3.63) is 71.9 Å². The average Bonchev–Trinajstić information content (AvgIpc) is 3.39. The maximum Gasteiger partial charge on any atom is 0.307 e. The van der Waals surface area contributed by atoms with E-state index in [4.69, 9.17) is 19.4 Å². The fourth-order valence-electron chi connectivity index (χ4n) is 5.23. The second-order valence-corrected chi connectivity index (χ2v) is 10.6. The van der Waals surface area contributed by atoms with E-state index >= 15 is 0 Å². The van der Waals surface area contributed by atoms with Crippen LogP contribution in [0.5, 0.6) is 11.5 Å². The number of aliphatic carboxylic acids is 1. The van der Waals surface area contributed by atoms with Crippen molar-refractivity contribution < 1.29 is 19.4 Å². The SMILES string of the molecule is Cc1cc2nc(-n3ccnc3)ccc2c(-c2c(OC(C)(C)C)cc3c4c(ccnc24)CCO3)c1CC(=O)O. The number of carboxylic acid groups (broad SMARTS) is 1. The molecule has 8 nitrogen and oxygen atoms in total. The quantitative estimate of drug-likeness (QED) is 0.326. The molecular weight excluding hydrogens is 480 g/mol. The van der Waals surface area contributed by atoms with Gasteiger partial charge in [-0.25, -0.2) is 9.97 Å². The molecule has 38 heavy (non-hydrogen) atoms. The highest BCUT2D eigenvalue weighted by molar-refractivity contribution is 6.10. The Balaban J connectivity index is 1.75. The summed E-state index contributed by atoms with van der Waals surface area (Å²) >= 11 is 0. The van der Waals surface area contributed by atoms with Crippen LogP contribution in [0.1, 0.15) is 37.5 Å². The number of carbonyl (C=O) groups is 1. The van der Waals surface area contributed by atoms with Gasteiger partial charge in [-0.15, -0.1) is 0 Å². The molecule has 0 spiro atoms. The predicted molar refractivity (Wildman–Crippen MR) is 145 cm³/mol. The first-order valence-electron chi connectivity index (χ1n) is 12.6. The van der Waals surface area contributed by atoms with E-state index in [1.165, 1.54) is 0 Å². The minimum atomic E-state index is -0.908. The fourth-order valence-corrected chi connectivity index (χ4v) is 5.23. The van der Waals surface area contributed by atoms with Gasteiger partial charge in [-0.05, 0) is 68.7 Å². The number of fused-ring (bicyclic) bond motifs is 1. The number of pyridine rings is 2. The third-order valence-electron chi connectivity index (χ3n) is 6.73. The van der Waals surface area contributed by atoms with Crippen LogP contribution < -0.4 is 9.47 Å². The number of nitrogens with zero attached hydrogens (tertiary/aromatic N) is 4. The number of hydrogen-bond donors (Lipinski definition) is 1. The number of aryl methyl sites for hydroxylation is 1. The molecule has 0 aliphatic carbocycles. The van der Waals surface area contributed by atoms with Gasteiger partial charge in [-0.2, -0.15) is 0 Å². The van der Waals surface area contributed by atoms with E-state index in [1.807, 2.05) is 68.8 Å². The Kier molecular flexibility index (Phi) is 5.56. The van der Waals surface area contributed by atoms with Crippen molar-refractivity contribution in [1.82, 2.24) is 19.5 Å². The van der Waals surface area contributed by atoms with Gasteiger partial charge < -0.3 is 14.6 Å². The van der Waals surface area contributed by atoms with Crippen LogP contribution >= 0.6 is 0 Å². The van der Waals surface area contributed by atoms with Crippen molar-refractivity contribution in [2.75, 3.05) is 6.61 Å². The predicted octanol–water partition coefficient (Wildman–Crippen LogP) is 5.68. The van der Waals surface area contributed by atoms with Crippen LogP contribution in [0.2, 0.25) is 0 Å². The zero-order valence-electron chi connectivity index (χ0n) is 21.8. The Labute approximate surface area is 219 Å². The zero-order chi connectivity index (χ0) is 26.6. The Morgan fingerprint density at radius 2 is 2.00 bits per heavy atom. The molecule has 1 aliphatic rings. The molecule has 6 rings (SSSR count). The molecule has 0 atom stereocenters. The van der Waals surface area contributed by atoms with Crippen LogP contribution in [0.3, 0.4) is 0 Å². The molecule has 8 heteroatoms. The van der Waals surface area contributed by atoms with E-state index in [2.05, 4.69) is 4.98 Å². The molecule has 3 aromatic heterocycles. The van der Waals surface area contributed by atoms with Crippen molar-refractivity contribution in [2.24, 2.45) is 0 Å². The lowest BCUT2D eigenvalue weighted by Crippen LogP contribution is -2.24. The van der Waals surface area contributed by atoms with Gasteiger partial charge in [0.25, 0.3) is 0 Å². The molecule has 0 bridgehead atoms. The minimum Gasteiger partial charge on any atom is -0.492 e. The van der Waals surface area contributed by atoms with Crippen molar-refractivity contribution in [2.45, 2.75) is 46.1 Å². The van der Waals surface area contributed by atoms with Gasteiger partial charge in [0.2, 0.25) is 0 Å². The topological polar surface area (TPSA) is 99.4 Å². The van der Waals surface area contributed by atoms with Crippen LogP contribution in [0.25, 0.3) is 38.8 Å². The number of aromatic nitrogens is 4. The molecule has 0 saturated carbocycles. The Hall–Kier alpha value is -4.46. The van der Waals surface area contributed by atoms with Crippen molar-refractivity contribution in [1.29, 1.82) is 0 Å². The number of imidazole rings is 1. The normalized spacial score (nSPS) is 13.1. The Morgan fingerprint density at radius 3 is 2.74 bits per heavy atom. The summed E-state index contributed by atoms with van der Waals surface area (Å²) in [7, 11) is 0. The molecule has 4 heterocycles. The lowest BCUT2D eigenvalue weighted by atomic mass is 9.87. The summed E-state index contributed by atoms with van der Waals surface area (Å²) < 4.78 is 14.4. The molecule has 2 aromatic carbocycles. The van der Waals surface area contributed by atoms with Crippen LogP contribution in [0, 0.1) is 6.92 Å². The fraction of sp³-hybridized carbons (Fsp3) is 0.267. The van der Waals surface area contributed by atoms with E-state index < -0.39 is 11.6 Å². The second kappa shape index (κ2) is 8.83. The van der Waals surface area contributed by atoms with E-state index in [9.17, 15) is 9.90 Å². The lowest BCUT2D eigenvalue weighted by Gasteiger charge is -2.28. The number of carboxylic acids is 1. The zero-order valence-corrected chi connectivity index (χ0v) is 21.8. The van der Waals surface area contributed by atoms with Crippen LogP contribution in [-0.4, -0.2) is 42.8 Å². The maximum absolute atomic E-state index is 12.1. The standard InChI is InChI=1S/C30H28N4O4/c1-17-13-21-19(5-6-24(33-21)34-11-10-31-16-34)27(20(17)14-25(35)36)28-23(38-30(2,3)4)15-22-26-18(8-12-37-22)7-9-32-29(26)28/h5-7,9-11,13,15-16H,8,12,14H2,1-4H3,(H,35,36). The lowest BCUT2D eigenvalue weighted by molar-refractivity contribution is -0.136. The minimum absolute atomic E-state index is 0.144. The van der Waals surface area contributed by atoms with Gasteiger partial charge >= 0.3 is 5.97 Å². The Bertz CT molecular complexity index is 1720. The van der Waals surface area contributed by atoms with Crippen LogP contribution in [-0.2, 0) is 17.6 Å². The van der Waals surface area contributed by atoms with Gasteiger partial charge in [0.1, 0.15) is 29.2 Å². The summed E-state index contributed by atoms with van der Waals surface area (Å²) in [4.78, 5) is 26.0. The molecular formula is C30H28N4O4. The van der Waals surface area contributed by atoms with E-state index in [0.29, 0.717) is 17.9 Å². The smallest absolute Gasteiger partial charge is 0.307 e. The number of benzene rings is 2. The molecule has 192 valence electrons. The average molecular weight is 509 g/mol. The first-order chi connectivity index (χ1) is 18.2. The molecule has 1 aliphatic heterocycles. The Morgan fingerprint density at radius 1 is 1.16 bits per heavy atom. The van der Waals surface area contributed by atoms with Gasteiger partial charge in [-0.3, -0.25) is 14.3 Å². The number of hydrogen-bond acceptors (Lipinski definition) is 6. The highest BCUT2D eigenvalue weighted by Gasteiger charge is 2.28. The summed E-state index contributed by atoms with van der Waals surface area (Å²) in [5, 5.41) is 11.7. The molecule has 1 N–H and O–H groups in total. The van der Waals surface area contributed by atoms with Crippen molar-refractivity contribution in [3.63, 3.8) is 0 Å². The van der Waals surface area contributed by atoms with Crippen LogP contribution in [0.15, 0.2) is 55.2 Å². The largest absolute Gasteiger partial charge is 0.492 e. The second-order valence-electron chi connectivity index (χ2n) is 10.6. The number of ether oxygens (including phenoxy) is 2. The highest BCUT2D eigenvalue weighted by atomic mass is 16.5. The molecule has 0 radical (unpaired) electrons. The molecule has 0 unspecified atom stereocenters. The summed E-state index contributed by atoms with van der Waals surface area (Å²) in [6.07, 6.45) is 7.68. The number of rotatable bonds is 5. The summed E-state index contributed by atoms with van der Waals surface area (Å²) in [5.74, 6) is 1.15. The van der Waals surface area contributed by atoms with Gasteiger partial charge in [0.05, 0.1) is 29.6 Å². The molecule has 5 aromatic rings. The summed E-state index contributed by atoms with van der Waals surface area (Å²) in [5.41, 5.74) is 5.19. The van der Waals surface area contributed by atoms with Crippen LogP contribution in [0.4, 0.5) is 0 Å². The highest BCUT2D eigenvalue weighted by Crippen LogP contribution is 2.48. The summed E-state index contributed by atoms with van der Waals surface area (Å²) in [6.45, 7) is 8.48. The monoisotopic (exact) mass is 508 g/mol. The van der Waals surface area contributed by atoms with Crippen molar-refractivity contribution in [3.8, 4) is 28.4 Å². The third-order valence-corrected chi connectivity index (χ3v) is 6.73. The molecule has 0 amide bonds. The van der Waals surface area contributed by atoms with E-state index in [0.717, 1.165) is 62.0 Å². The molecule has 0 fully saturated rings. The van der Waals surface area contributed by atoms with E-state index in [-0.39, 0.29) is 6.42 Å². The van der Waals surface area contributed by atoms with Gasteiger partial charge in [0.15, 0.2) is 0 Å². The molecule has 0 saturated heterocycles. The van der Waals surface area contributed by atoms with Gasteiger partial charge in [-0.1, -0.05) is 0 Å². The first-order valence-corrected chi connectivity index (χ1v) is 12.6. The summed E-state index contributed by atoms with van der Waals surface area (Å²) in [6, 6.07) is 9.81. The van der Waals surface area contributed by atoms with Gasteiger partial charge in [0, 0.05) is 47.4 Å². The maximum atomic E-state index is 12.1. The third kappa shape index (κ3) is 4.12. The first kappa shape index (κ1) is 23.9. The van der Waals surface area contributed by atoms with E-state index in [1.54, 1.807) is 18.7 Å². The van der Waals surface area contributed by atoms with Crippen molar-refractivity contribution >= 4 is 27.8 Å².